The topological polar surface area (TPSA) is 214 Å². The number of likely N-dealkylation sites (tertiary alicyclic amines) is 1. The minimum atomic E-state index is -0.978. The minimum Gasteiger partial charge on any atom is -0.494 e. The zero-order chi connectivity index (χ0) is 55.1. The molecule has 2 aromatic heterocycles. The first-order chi connectivity index (χ1) is 36.8. The first kappa shape index (κ1) is 56.0. The number of aryl methyl sites for hydroxylation is 3. The Labute approximate surface area is 452 Å². The number of hydrogen-bond acceptors (Lipinski definition) is 11. The van der Waals surface area contributed by atoms with Gasteiger partial charge in [-0.2, -0.15) is 0 Å². The number of aliphatic hydroxyl groups excluding tert-OH is 1. The summed E-state index contributed by atoms with van der Waals surface area (Å²) in [5.41, 5.74) is 12.0. The number of aromatic nitrogens is 4. The van der Waals surface area contributed by atoms with Crippen LogP contribution in [0, 0.1) is 26.2 Å². The van der Waals surface area contributed by atoms with Gasteiger partial charge in [0.1, 0.15) is 36.3 Å². The number of H-pyrrole nitrogens is 1. The van der Waals surface area contributed by atoms with Gasteiger partial charge >= 0.3 is 0 Å². The van der Waals surface area contributed by atoms with Crippen LogP contribution in [0.2, 0.25) is 0 Å². The van der Waals surface area contributed by atoms with Gasteiger partial charge in [0.15, 0.2) is 5.82 Å². The van der Waals surface area contributed by atoms with Crippen molar-refractivity contribution in [2.24, 2.45) is 10.4 Å². The third-order valence-corrected chi connectivity index (χ3v) is 14.7. The number of benzene rings is 3. The van der Waals surface area contributed by atoms with E-state index < -0.39 is 41.5 Å². The average Bonchev–Trinajstić information content (AvgIpc) is 4.20. The SMILES string of the molecule is CC1=C(C)C2=C(C1)n1c(C)nnc1C(CC(=O)N[C@@H](C)c1ccc(OCCCOCCOCC(=O)N[C@H](C(=O)N3CC(O)CC3C(=O)N[C@@H](C)c3ccc(-c4[nH]ccc4C)cc3)C(C)(C)C)cc1)N=C2c1ccc(C)cc1. The van der Waals surface area contributed by atoms with Gasteiger partial charge in [-0.05, 0) is 99.9 Å². The van der Waals surface area contributed by atoms with Crippen molar-refractivity contribution in [2.75, 3.05) is 39.6 Å². The largest absolute Gasteiger partial charge is 0.494 e. The summed E-state index contributed by atoms with van der Waals surface area (Å²) in [7, 11) is 0. The van der Waals surface area contributed by atoms with E-state index in [4.69, 9.17) is 19.2 Å². The molecule has 3 aliphatic rings. The minimum absolute atomic E-state index is 0.0246. The molecule has 4 amide bonds. The average molecular weight is 1050 g/mol. The second kappa shape index (κ2) is 24.4. The molecule has 5 N–H and O–H groups in total. The van der Waals surface area contributed by atoms with Gasteiger partial charge in [-0.25, -0.2) is 0 Å². The smallest absolute Gasteiger partial charge is 0.246 e. The zero-order valence-corrected chi connectivity index (χ0v) is 46.2. The molecule has 1 aliphatic carbocycles. The summed E-state index contributed by atoms with van der Waals surface area (Å²) in [6, 6.07) is 22.9. The maximum atomic E-state index is 14.1. The molecule has 77 heavy (non-hydrogen) atoms. The van der Waals surface area contributed by atoms with Crippen LogP contribution in [0.15, 0.2) is 107 Å². The number of rotatable bonds is 21. The van der Waals surface area contributed by atoms with Crippen molar-refractivity contribution in [3.63, 3.8) is 0 Å². The van der Waals surface area contributed by atoms with Gasteiger partial charge in [0.25, 0.3) is 0 Å². The highest BCUT2D eigenvalue weighted by atomic mass is 16.5. The number of nitrogens with one attached hydrogen (secondary N) is 4. The highest BCUT2D eigenvalue weighted by Crippen LogP contribution is 2.42. The highest BCUT2D eigenvalue weighted by molar-refractivity contribution is 6.19. The first-order valence-corrected chi connectivity index (χ1v) is 26.7. The number of carbonyl (C=O) groups excluding carboxylic acids is 4. The monoisotopic (exact) mass is 1050 g/mol. The summed E-state index contributed by atoms with van der Waals surface area (Å²) < 4.78 is 19.4. The van der Waals surface area contributed by atoms with Crippen molar-refractivity contribution < 1.29 is 38.5 Å². The second-order valence-electron chi connectivity index (χ2n) is 21.8. The van der Waals surface area contributed by atoms with Crippen molar-refractivity contribution in [3.8, 4) is 17.0 Å². The molecule has 408 valence electrons. The molecule has 1 fully saturated rings. The Morgan fingerprint density at radius 2 is 1.44 bits per heavy atom. The molecule has 0 spiro atoms. The number of nitrogens with zero attached hydrogens (tertiary/aromatic N) is 5. The van der Waals surface area contributed by atoms with E-state index in [9.17, 15) is 24.3 Å². The number of carbonyl (C=O) groups is 4. The Morgan fingerprint density at radius 3 is 2.12 bits per heavy atom. The number of hydrogen-bond donors (Lipinski definition) is 5. The molecule has 1 saturated heterocycles. The number of fused-ring (bicyclic) bond motifs is 2. The van der Waals surface area contributed by atoms with Crippen molar-refractivity contribution in [3.05, 3.63) is 141 Å². The molecule has 3 aromatic carbocycles. The standard InChI is InChI=1S/C60H75N9O8/c1-35-12-14-45(15-13-35)55-53-38(4)37(3)30-49(53)69-41(7)66-67-57(69)48(64-55)32-51(71)62-39(5)43-20-22-47(23-21-43)77-27-11-26-75-28-29-76-34-52(72)65-56(60(8,9)10)59(74)68-33-46(70)31-50(68)58(73)63-40(6)42-16-18-44(19-17-42)54-36(2)24-25-61-54/h12-25,39-40,46,48,50,56,61,70H,11,26-34H2,1-10H3,(H,62,71)(H,63,73)(H,65,72)/t39-,40-,46?,48?,50?,56+/m0/s1. The normalized spacial score (nSPS) is 18.5. The Balaban J connectivity index is 0.738. The lowest BCUT2D eigenvalue weighted by Crippen LogP contribution is -2.58. The summed E-state index contributed by atoms with van der Waals surface area (Å²) in [6.45, 7) is 20.6. The van der Waals surface area contributed by atoms with Crippen molar-refractivity contribution in [1.29, 1.82) is 0 Å². The summed E-state index contributed by atoms with van der Waals surface area (Å²) in [5, 5.41) is 28.7. The zero-order valence-electron chi connectivity index (χ0n) is 46.2. The van der Waals surface area contributed by atoms with Gasteiger partial charge in [-0.15, -0.1) is 10.2 Å². The fraction of sp³-hybridized carbons (Fsp3) is 0.450. The summed E-state index contributed by atoms with van der Waals surface area (Å²) in [6.07, 6.45) is 2.59. The van der Waals surface area contributed by atoms with Crippen LogP contribution in [-0.4, -0.2) is 117 Å². The molecule has 17 heteroatoms. The molecular formula is C60H75N9O8. The van der Waals surface area contributed by atoms with Gasteiger partial charge in [0, 0.05) is 61.1 Å². The van der Waals surface area contributed by atoms with Crippen LogP contribution in [0.5, 0.6) is 5.75 Å². The van der Waals surface area contributed by atoms with Gasteiger partial charge in [0.2, 0.25) is 23.6 Å². The fourth-order valence-corrected chi connectivity index (χ4v) is 10.2. The van der Waals surface area contributed by atoms with Gasteiger partial charge < -0.3 is 45.2 Å². The molecular weight excluding hydrogens is 975 g/mol. The van der Waals surface area contributed by atoms with E-state index in [1.165, 1.54) is 16.0 Å². The van der Waals surface area contributed by atoms with Crippen LogP contribution < -0.4 is 20.7 Å². The maximum Gasteiger partial charge on any atom is 0.246 e. The molecule has 5 aromatic rings. The number of aliphatic hydroxyl groups is 1. The van der Waals surface area contributed by atoms with Gasteiger partial charge in [-0.1, -0.05) is 92.6 Å². The van der Waals surface area contributed by atoms with Gasteiger partial charge in [-0.3, -0.25) is 28.7 Å². The van der Waals surface area contributed by atoms with Gasteiger partial charge in [0.05, 0.1) is 50.1 Å². The Hall–Kier alpha value is -7.21. The predicted molar refractivity (Wildman–Crippen MR) is 296 cm³/mol. The number of aromatic amines is 1. The molecule has 0 radical (unpaired) electrons. The lowest BCUT2D eigenvalue weighted by Gasteiger charge is -2.35. The fourth-order valence-electron chi connectivity index (χ4n) is 10.2. The Bertz CT molecular complexity index is 3020. The molecule has 3 unspecified atom stereocenters. The lowest BCUT2D eigenvalue weighted by atomic mass is 9.85. The quantitative estimate of drug-likeness (QED) is 0.0445. The van der Waals surface area contributed by atoms with E-state index in [2.05, 4.69) is 80.7 Å². The third-order valence-electron chi connectivity index (χ3n) is 14.7. The Kier molecular flexibility index (Phi) is 17.8. The molecule has 0 saturated carbocycles. The maximum absolute atomic E-state index is 14.1. The van der Waals surface area contributed by atoms with Crippen LogP contribution in [0.3, 0.4) is 0 Å². The van der Waals surface area contributed by atoms with E-state index in [0.717, 1.165) is 68.3 Å². The van der Waals surface area contributed by atoms with Crippen LogP contribution in [0.4, 0.5) is 0 Å². The molecule has 6 atom stereocenters. The number of β-amino-alcohol motifs (C(OH)–C–C–N with tert-alkyl or cyclic N) is 1. The number of ether oxygens (including phenoxy) is 3. The molecule has 17 nitrogen and oxygen atoms in total. The number of aliphatic imine (C=N–C) groups is 1. The van der Waals surface area contributed by atoms with E-state index >= 15 is 0 Å². The van der Waals surface area contributed by atoms with Crippen molar-refractivity contribution in [1.82, 2.24) is 40.6 Å². The lowest BCUT2D eigenvalue weighted by molar-refractivity contribution is -0.144. The van der Waals surface area contributed by atoms with Crippen LogP contribution in [0.25, 0.3) is 17.0 Å². The summed E-state index contributed by atoms with van der Waals surface area (Å²) in [5.74, 6) is 0.671. The third kappa shape index (κ3) is 13.3. The van der Waals surface area contributed by atoms with Crippen LogP contribution >= 0.6 is 0 Å². The molecule has 8 rings (SSSR count). The van der Waals surface area contributed by atoms with Crippen LogP contribution in [0.1, 0.15) is 132 Å². The summed E-state index contributed by atoms with van der Waals surface area (Å²) in [4.78, 5) is 64.6. The predicted octanol–water partition coefficient (Wildman–Crippen LogP) is 8.13. The summed E-state index contributed by atoms with van der Waals surface area (Å²) >= 11 is 0. The van der Waals surface area contributed by atoms with Crippen LogP contribution in [-0.2, 0) is 28.7 Å². The first-order valence-electron chi connectivity index (χ1n) is 26.7. The van der Waals surface area contributed by atoms with E-state index in [1.54, 1.807) is 0 Å². The van der Waals surface area contributed by atoms with E-state index in [0.29, 0.717) is 31.2 Å². The second-order valence-corrected chi connectivity index (χ2v) is 21.8. The molecule has 2 aliphatic heterocycles. The number of amides is 4. The van der Waals surface area contributed by atoms with E-state index in [-0.39, 0.29) is 63.1 Å². The Morgan fingerprint density at radius 1 is 0.779 bits per heavy atom. The van der Waals surface area contributed by atoms with E-state index in [1.807, 2.05) is 109 Å². The number of allylic oxidation sites excluding steroid dienone is 4. The van der Waals surface area contributed by atoms with Crippen molar-refractivity contribution >= 4 is 35.0 Å². The van der Waals surface area contributed by atoms with Crippen molar-refractivity contribution in [2.45, 2.75) is 131 Å². The highest BCUT2D eigenvalue weighted by Gasteiger charge is 2.45. The molecule has 0 bridgehead atoms. The molecule has 4 heterocycles.